The van der Waals surface area contributed by atoms with Crippen LogP contribution < -0.4 is 22.7 Å². The fourth-order valence-corrected chi connectivity index (χ4v) is 2.12. The molecule has 0 spiro atoms. The monoisotopic (exact) mass is 429 g/mol. The Morgan fingerprint density at radius 3 is 2.39 bits per heavy atom. The number of nitrogens with one attached hydrogen (secondary N) is 1. The molecule has 1 aliphatic rings. The molecule has 0 amide bonds. The van der Waals surface area contributed by atoms with Gasteiger partial charge in [0.2, 0.25) is 6.23 Å². The van der Waals surface area contributed by atoms with Crippen molar-refractivity contribution in [1.29, 1.82) is 0 Å². The maximum Gasteiger partial charge on any atom is 0.356 e. The van der Waals surface area contributed by atoms with Gasteiger partial charge in [0.1, 0.15) is 11.9 Å². The van der Waals surface area contributed by atoms with E-state index in [9.17, 15) is 32.8 Å². The Balaban J connectivity index is 0.000000332. The fourth-order valence-electron chi connectivity index (χ4n) is 2.12. The molecule has 2 aromatic rings. The molecule has 0 aromatic carbocycles. The summed E-state index contributed by atoms with van der Waals surface area (Å²) < 4.78 is 44.6. The van der Waals surface area contributed by atoms with Gasteiger partial charge < -0.3 is 20.7 Å². The van der Waals surface area contributed by atoms with Crippen LogP contribution in [0, 0.1) is 0 Å². The van der Waals surface area contributed by atoms with E-state index < -0.39 is 47.9 Å². The Labute approximate surface area is 159 Å². The lowest BCUT2D eigenvalue weighted by molar-refractivity contribution is -0.140. The van der Waals surface area contributed by atoms with Crippen LogP contribution >= 0.6 is 12.4 Å². The Morgan fingerprint density at radius 2 is 1.93 bits per heavy atom. The van der Waals surface area contributed by atoms with E-state index in [1.54, 1.807) is 4.98 Å². The van der Waals surface area contributed by atoms with Crippen molar-refractivity contribution in [2.75, 3.05) is 12.3 Å². The van der Waals surface area contributed by atoms with Crippen LogP contribution in [0.1, 0.15) is 6.23 Å². The normalized spacial score (nSPS) is 22.7. The topological polar surface area (TPSA) is 165 Å². The van der Waals surface area contributed by atoms with Crippen LogP contribution in [0.25, 0.3) is 0 Å². The molecular weight excluding hydrogens is 415 g/mol. The summed E-state index contributed by atoms with van der Waals surface area (Å²) in [5, 5.41) is 18.1. The SMILES string of the molecule is Cl.Nc1ccn([C@@H]2O[C@H](CO)[C@@H](O)C2(F)F)c(=O)n1.O=c1ccn(F)c(=O)[nH]1. The van der Waals surface area contributed by atoms with Crippen LogP contribution in [-0.4, -0.2) is 54.3 Å². The molecule has 11 nitrogen and oxygen atoms in total. The molecule has 1 aliphatic heterocycles. The van der Waals surface area contributed by atoms with Crippen molar-refractivity contribution >= 4 is 18.2 Å². The van der Waals surface area contributed by atoms with E-state index in [2.05, 4.69) is 4.98 Å². The molecule has 3 heterocycles. The third-order valence-corrected chi connectivity index (χ3v) is 3.44. The number of aliphatic hydroxyl groups is 2. The summed E-state index contributed by atoms with van der Waals surface area (Å²) in [6, 6.07) is 2.07. The van der Waals surface area contributed by atoms with Crippen LogP contribution in [0.4, 0.5) is 19.1 Å². The Bertz CT molecular complexity index is 980. The predicted octanol–water partition coefficient (Wildman–Crippen LogP) is -1.60. The lowest BCUT2D eigenvalue weighted by Gasteiger charge is -2.20. The number of ether oxygens (including phenoxy) is 1. The zero-order valence-corrected chi connectivity index (χ0v) is 14.6. The predicted molar refractivity (Wildman–Crippen MR) is 89.9 cm³/mol. The lowest BCUT2D eigenvalue weighted by Crippen LogP contribution is -2.41. The second kappa shape index (κ2) is 9.01. The first-order valence-corrected chi connectivity index (χ1v) is 7.23. The second-order valence-electron chi connectivity index (χ2n) is 5.29. The van der Waals surface area contributed by atoms with Crippen molar-refractivity contribution < 1.29 is 28.2 Å². The Kier molecular flexibility index (Phi) is 7.51. The third-order valence-electron chi connectivity index (χ3n) is 3.44. The second-order valence-corrected chi connectivity index (χ2v) is 5.29. The van der Waals surface area contributed by atoms with Gasteiger partial charge in [0.15, 0.2) is 6.10 Å². The molecule has 0 bridgehead atoms. The number of nitrogens with two attached hydrogens (primary N) is 1. The first-order valence-electron chi connectivity index (χ1n) is 7.23. The molecule has 28 heavy (non-hydrogen) atoms. The molecule has 15 heteroatoms. The summed E-state index contributed by atoms with van der Waals surface area (Å²) in [6.07, 6.45) is -3.94. The van der Waals surface area contributed by atoms with Crippen molar-refractivity contribution in [2.24, 2.45) is 0 Å². The molecular formula is C13H15ClF3N5O6. The molecule has 3 rings (SSSR count). The standard InChI is InChI=1S/C9H11F2N3O4.C4H3FN2O2.ClH/c10-9(11)6(16)4(3-15)18-7(9)14-2-1-5(12)13-8(14)17;5-7-2-1-3(8)6-4(7)9;/h1-2,4,6-7,15-16H,3H2,(H2,12,13,17);1-2H,(H,6,8,9);1H/t4-,6-,7-;;/m1../s1. The summed E-state index contributed by atoms with van der Waals surface area (Å²) >= 11 is 0. The van der Waals surface area contributed by atoms with Crippen molar-refractivity contribution in [3.05, 3.63) is 55.8 Å². The summed E-state index contributed by atoms with van der Waals surface area (Å²) in [6.45, 7) is -0.787. The maximum atomic E-state index is 13.7. The van der Waals surface area contributed by atoms with E-state index in [1.165, 1.54) is 0 Å². The van der Waals surface area contributed by atoms with Crippen LogP contribution in [0.5, 0.6) is 0 Å². The van der Waals surface area contributed by atoms with Crippen molar-refractivity contribution in [3.8, 4) is 0 Å². The zero-order chi connectivity index (χ0) is 20.4. The quantitative estimate of drug-likeness (QED) is 0.443. The summed E-state index contributed by atoms with van der Waals surface area (Å²) in [5.41, 5.74) is 2.55. The first kappa shape index (κ1) is 23.4. The van der Waals surface area contributed by atoms with E-state index >= 15 is 0 Å². The highest BCUT2D eigenvalue weighted by molar-refractivity contribution is 5.85. The molecule has 5 N–H and O–H groups in total. The number of nitrogen functional groups attached to an aromatic ring is 1. The number of hydrogen-bond donors (Lipinski definition) is 4. The number of nitrogens with zero attached hydrogens (tertiary/aromatic N) is 3. The van der Waals surface area contributed by atoms with Gasteiger partial charge in [-0.05, 0) is 6.07 Å². The Hall–Kier alpha value is -2.68. The molecule has 0 radical (unpaired) electrons. The van der Waals surface area contributed by atoms with Gasteiger partial charge >= 0.3 is 17.3 Å². The minimum absolute atomic E-state index is 0. The number of hydrogen-bond acceptors (Lipinski definition) is 8. The third kappa shape index (κ3) is 4.78. The van der Waals surface area contributed by atoms with Crippen LogP contribution in [-0.2, 0) is 4.74 Å². The van der Waals surface area contributed by atoms with Gasteiger partial charge in [-0.2, -0.15) is 13.8 Å². The minimum Gasteiger partial charge on any atom is -0.394 e. The molecule has 1 saturated heterocycles. The number of H-pyrrole nitrogens is 1. The average Bonchev–Trinajstić information content (AvgIpc) is 2.82. The number of rotatable bonds is 2. The summed E-state index contributed by atoms with van der Waals surface area (Å²) in [5.74, 6) is -3.83. The van der Waals surface area contributed by atoms with Gasteiger partial charge in [0.25, 0.3) is 5.56 Å². The van der Waals surface area contributed by atoms with Gasteiger partial charge in [0.05, 0.1) is 6.61 Å². The van der Waals surface area contributed by atoms with Crippen LogP contribution in [0.2, 0.25) is 0 Å². The zero-order valence-electron chi connectivity index (χ0n) is 13.7. The average molecular weight is 430 g/mol. The van der Waals surface area contributed by atoms with E-state index in [0.29, 0.717) is 4.57 Å². The summed E-state index contributed by atoms with van der Waals surface area (Å²) in [4.78, 5) is 36.6. The van der Waals surface area contributed by atoms with Gasteiger partial charge in [-0.25, -0.2) is 9.59 Å². The van der Waals surface area contributed by atoms with Crippen molar-refractivity contribution in [3.63, 3.8) is 0 Å². The molecule has 156 valence electrons. The van der Waals surface area contributed by atoms with Crippen molar-refractivity contribution in [1.82, 2.24) is 19.3 Å². The minimum atomic E-state index is -3.71. The van der Waals surface area contributed by atoms with E-state index in [0.717, 1.165) is 24.5 Å². The molecule has 0 aliphatic carbocycles. The lowest BCUT2D eigenvalue weighted by atomic mass is 10.1. The van der Waals surface area contributed by atoms with Crippen molar-refractivity contribution in [2.45, 2.75) is 24.4 Å². The van der Waals surface area contributed by atoms with Crippen LogP contribution in [0.15, 0.2) is 38.9 Å². The highest BCUT2D eigenvalue weighted by Crippen LogP contribution is 2.41. The van der Waals surface area contributed by atoms with Crippen LogP contribution in [0.3, 0.4) is 0 Å². The smallest absolute Gasteiger partial charge is 0.356 e. The maximum absolute atomic E-state index is 13.7. The van der Waals surface area contributed by atoms with E-state index in [1.807, 2.05) is 0 Å². The molecule has 1 fully saturated rings. The number of alkyl halides is 2. The van der Waals surface area contributed by atoms with E-state index in [-0.39, 0.29) is 23.0 Å². The Morgan fingerprint density at radius 1 is 1.29 bits per heavy atom. The number of aromatic amines is 1. The van der Waals surface area contributed by atoms with Gasteiger partial charge in [0, 0.05) is 18.5 Å². The number of aliphatic hydroxyl groups excluding tert-OH is 2. The number of halogens is 4. The van der Waals surface area contributed by atoms with Gasteiger partial charge in [-0.15, -0.1) is 17.2 Å². The number of aromatic nitrogens is 4. The first-order chi connectivity index (χ1) is 12.6. The molecule has 3 atom stereocenters. The highest BCUT2D eigenvalue weighted by atomic mass is 35.5. The van der Waals surface area contributed by atoms with Gasteiger partial charge in [-0.1, -0.05) is 4.48 Å². The summed E-state index contributed by atoms with van der Waals surface area (Å²) in [7, 11) is 0. The molecule has 2 aromatic heterocycles. The van der Waals surface area contributed by atoms with E-state index in [4.69, 9.17) is 15.6 Å². The fraction of sp³-hybridized carbons (Fsp3) is 0.385. The molecule has 0 saturated carbocycles. The number of anilines is 1. The highest BCUT2D eigenvalue weighted by Gasteiger charge is 2.59. The largest absolute Gasteiger partial charge is 0.394 e. The van der Waals surface area contributed by atoms with Gasteiger partial charge in [-0.3, -0.25) is 14.3 Å². The molecule has 0 unspecified atom stereocenters.